The molecule has 2 aromatic rings. The fraction of sp³-hybridized carbons (Fsp3) is 0.412. The van der Waals surface area contributed by atoms with Crippen molar-refractivity contribution in [1.82, 2.24) is 25.6 Å². The highest BCUT2D eigenvalue weighted by atomic mass is 19.4. The maximum atomic E-state index is 13.5. The number of carbonyl (C=O) groups excluding carboxylic acids is 2. The summed E-state index contributed by atoms with van der Waals surface area (Å²) < 4.78 is 59.2. The summed E-state index contributed by atoms with van der Waals surface area (Å²) in [6, 6.07) is 4.28. The van der Waals surface area contributed by atoms with E-state index in [-0.39, 0.29) is 18.8 Å². The van der Waals surface area contributed by atoms with Crippen LogP contribution in [-0.4, -0.2) is 45.7 Å². The summed E-state index contributed by atoms with van der Waals surface area (Å²) in [5, 5.41) is 11.2. The van der Waals surface area contributed by atoms with Gasteiger partial charge in [0.05, 0.1) is 5.69 Å². The van der Waals surface area contributed by atoms with Gasteiger partial charge in [-0.15, -0.1) is 5.10 Å². The van der Waals surface area contributed by atoms with E-state index in [9.17, 15) is 27.2 Å². The second-order valence-corrected chi connectivity index (χ2v) is 6.86. The van der Waals surface area contributed by atoms with Crippen LogP contribution in [0.15, 0.2) is 24.3 Å². The van der Waals surface area contributed by atoms with Crippen molar-refractivity contribution < 1.29 is 31.9 Å². The maximum Gasteiger partial charge on any atom is 0.435 e. The average Bonchev–Trinajstić information content (AvgIpc) is 3.02. The molecular weight excluding hydrogens is 398 g/mol. The van der Waals surface area contributed by atoms with E-state index in [0.29, 0.717) is 4.68 Å². The SMILES string of the molecule is CC(C)(C)OC(=O)NCCNC(=O)c1nnn(-c2cccc(F)c2)c1C(F)(F)F. The van der Waals surface area contributed by atoms with Gasteiger partial charge in [-0.3, -0.25) is 4.79 Å². The van der Waals surface area contributed by atoms with Gasteiger partial charge >= 0.3 is 12.3 Å². The molecule has 0 saturated heterocycles. The number of carbonyl (C=O) groups is 2. The lowest BCUT2D eigenvalue weighted by Gasteiger charge is -2.19. The second kappa shape index (κ2) is 8.45. The summed E-state index contributed by atoms with van der Waals surface area (Å²) in [7, 11) is 0. The molecule has 2 amide bonds. The third-order valence-electron chi connectivity index (χ3n) is 3.29. The second-order valence-electron chi connectivity index (χ2n) is 6.86. The average molecular weight is 417 g/mol. The van der Waals surface area contributed by atoms with Gasteiger partial charge in [-0.2, -0.15) is 13.2 Å². The largest absolute Gasteiger partial charge is 0.444 e. The lowest BCUT2D eigenvalue weighted by Crippen LogP contribution is -2.38. The van der Waals surface area contributed by atoms with Crippen molar-refractivity contribution in [3.63, 3.8) is 0 Å². The van der Waals surface area contributed by atoms with Gasteiger partial charge in [0.2, 0.25) is 0 Å². The molecule has 1 aromatic heterocycles. The quantitative estimate of drug-likeness (QED) is 0.576. The highest BCUT2D eigenvalue weighted by Gasteiger charge is 2.42. The van der Waals surface area contributed by atoms with Gasteiger partial charge in [-0.05, 0) is 39.0 Å². The summed E-state index contributed by atoms with van der Waals surface area (Å²) >= 11 is 0. The topological polar surface area (TPSA) is 98.1 Å². The molecule has 0 aliphatic carbocycles. The number of hydrogen-bond donors (Lipinski definition) is 2. The number of alkyl halides is 3. The predicted octanol–water partition coefficient (Wildman–Crippen LogP) is 2.68. The van der Waals surface area contributed by atoms with Gasteiger partial charge in [0.25, 0.3) is 5.91 Å². The Bertz CT molecular complexity index is 890. The molecule has 2 rings (SSSR count). The molecule has 12 heteroatoms. The number of nitrogens with one attached hydrogen (secondary N) is 2. The first-order chi connectivity index (χ1) is 13.4. The Kier molecular flexibility index (Phi) is 6.44. The van der Waals surface area contributed by atoms with Crippen molar-refractivity contribution in [2.45, 2.75) is 32.5 Å². The van der Waals surface area contributed by atoms with E-state index in [1.165, 1.54) is 12.1 Å². The monoisotopic (exact) mass is 417 g/mol. The van der Waals surface area contributed by atoms with E-state index in [0.717, 1.165) is 12.1 Å². The Hall–Kier alpha value is -3.18. The van der Waals surface area contributed by atoms with Crippen molar-refractivity contribution in [2.75, 3.05) is 13.1 Å². The summed E-state index contributed by atoms with van der Waals surface area (Å²) in [6.07, 6.45) is -5.71. The summed E-state index contributed by atoms with van der Waals surface area (Å²) in [4.78, 5) is 23.6. The van der Waals surface area contributed by atoms with Crippen LogP contribution in [0, 0.1) is 5.82 Å². The molecule has 1 heterocycles. The number of alkyl carbamates (subject to hydrolysis) is 1. The molecule has 0 bridgehead atoms. The van der Waals surface area contributed by atoms with Gasteiger partial charge in [0.1, 0.15) is 11.4 Å². The van der Waals surface area contributed by atoms with Gasteiger partial charge in [0, 0.05) is 13.1 Å². The molecule has 0 aliphatic rings. The number of halogens is 4. The lowest BCUT2D eigenvalue weighted by molar-refractivity contribution is -0.143. The van der Waals surface area contributed by atoms with Crippen molar-refractivity contribution >= 4 is 12.0 Å². The summed E-state index contributed by atoms with van der Waals surface area (Å²) in [6.45, 7) is 4.72. The molecule has 1 aromatic carbocycles. The van der Waals surface area contributed by atoms with Gasteiger partial charge in [0.15, 0.2) is 11.4 Å². The van der Waals surface area contributed by atoms with Crippen LogP contribution in [0.4, 0.5) is 22.4 Å². The summed E-state index contributed by atoms with van der Waals surface area (Å²) in [5.74, 6) is -1.92. The first-order valence-corrected chi connectivity index (χ1v) is 8.42. The Morgan fingerprint density at radius 2 is 1.79 bits per heavy atom. The molecule has 0 spiro atoms. The minimum Gasteiger partial charge on any atom is -0.444 e. The Morgan fingerprint density at radius 3 is 2.38 bits per heavy atom. The zero-order chi connectivity index (χ0) is 21.8. The van der Waals surface area contributed by atoms with Crippen molar-refractivity contribution in [2.24, 2.45) is 0 Å². The Morgan fingerprint density at radius 1 is 1.14 bits per heavy atom. The smallest absolute Gasteiger partial charge is 0.435 e. The van der Waals surface area contributed by atoms with Crippen LogP contribution in [-0.2, 0) is 10.9 Å². The first kappa shape index (κ1) is 22.1. The van der Waals surface area contributed by atoms with Gasteiger partial charge in [-0.1, -0.05) is 11.3 Å². The van der Waals surface area contributed by atoms with Crippen molar-refractivity contribution in [1.29, 1.82) is 0 Å². The van der Waals surface area contributed by atoms with Crippen LogP contribution in [0.2, 0.25) is 0 Å². The Balaban J connectivity index is 2.10. The molecule has 0 aliphatic heterocycles. The number of rotatable bonds is 5. The molecule has 8 nitrogen and oxygen atoms in total. The third kappa shape index (κ3) is 6.16. The van der Waals surface area contributed by atoms with E-state index in [4.69, 9.17) is 4.74 Å². The Labute approximate surface area is 163 Å². The van der Waals surface area contributed by atoms with Crippen LogP contribution < -0.4 is 10.6 Å². The molecular formula is C17H19F4N5O3. The molecule has 2 N–H and O–H groups in total. The lowest BCUT2D eigenvalue weighted by atomic mass is 10.2. The number of amides is 2. The molecule has 29 heavy (non-hydrogen) atoms. The van der Waals surface area contributed by atoms with E-state index in [1.807, 2.05) is 0 Å². The van der Waals surface area contributed by atoms with Crippen molar-refractivity contribution in [3.05, 3.63) is 41.5 Å². The van der Waals surface area contributed by atoms with E-state index in [2.05, 4.69) is 20.9 Å². The molecule has 0 atom stereocenters. The molecule has 0 radical (unpaired) electrons. The summed E-state index contributed by atoms with van der Waals surface area (Å²) in [5.41, 5.74) is -3.38. The number of benzene rings is 1. The van der Waals surface area contributed by atoms with Crippen LogP contribution in [0.25, 0.3) is 5.69 Å². The minimum absolute atomic E-state index is 0.0833. The van der Waals surface area contributed by atoms with E-state index >= 15 is 0 Å². The molecule has 0 unspecified atom stereocenters. The zero-order valence-electron chi connectivity index (χ0n) is 15.8. The van der Waals surface area contributed by atoms with Crippen LogP contribution in [0.3, 0.4) is 0 Å². The van der Waals surface area contributed by atoms with Crippen molar-refractivity contribution in [3.8, 4) is 5.69 Å². The van der Waals surface area contributed by atoms with Crippen LogP contribution in [0.5, 0.6) is 0 Å². The highest BCUT2D eigenvalue weighted by molar-refractivity contribution is 5.93. The molecule has 0 saturated carbocycles. The van der Waals surface area contributed by atoms with Gasteiger partial charge < -0.3 is 15.4 Å². The highest BCUT2D eigenvalue weighted by Crippen LogP contribution is 2.32. The normalized spacial score (nSPS) is 11.8. The standard InChI is InChI=1S/C17H19F4N5O3/c1-16(2,3)29-15(28)23-8-7-22-14(27)12-13(17(19,20)21)26(25-24-12)11-6-4-5-10(18)9-11/h4-6,9H,7-8H2,1-3H3,(H,22,27)(H,23,28). The number of ether oxygens (including phenoxy) is 1. The maximum absolute atomic E-state index is 13.5. The zero-order valence-corrected chi connectivity index (χ0v) is 15.8. The number of aromatic nitrogens is 3. The predicted molar refractivity (Wildman–Crippen MR) is 92.9 cm³/mol. The third-order valence-corrected chi connectivity index (χ3v) is 3.29. The van der Waals surface area contributed by atoms with Crippen LogP contribution >= 0.6 is 0 Å². The fourth-order valence-electron chi connectivity index (χ4n) is 2.22. The first-order valence-electron chi connectivity index (χ1n) is 8.42. The van der Waals surface area contributed by atoms with E-state index < -0.39 is 41.0 Å². The van der Waals surface area contributed by atoms with Crippen LogP contribution in [0.1, 0.15) is 37.0 Å². The van der Waals surface area contributed by atoms with Gasteiger partial charge in [-0.25, -0.2) is 13.9 Å². The molecule has 158 valence electrons. The number of hydrogen-bond acceptors (Lipinski definition) is 5. The molecule has 0 fully saturated rings. The van der Waals surface area contributed by atoms with E-state index in [1.54, 1.807) is 20.8 Å². The fourth-order valence-corrected chi connectivity index (χ4v) is 2.22. The number of nitrogens with zero attached hydrogens (tertiary/aromatic N) is 3. The minimum atomic E-state index is -4.97.